The molecule has 0 aromatic heterocycles. The first-order valence-corrected chi connectivity index (χ1v) is 7.47. The molecule has 0 bridgehead atoms. The van der Waals surface area contributed by atoms with E-state index in [0.29, 0.717) is 24.2 Å². The molecular formula is C14H18BrFN2O2. The van der Waals surface area contributed by atoms with Gasteiger partial charge in [-0.15, -0.1) is 0 Å². The maximum Gasteiger partial charge on any atom is 0.409 e. The lowest BCUT2D eigenvalue weighted by atomic mass is 10.2. The molecule has 1 fully saturated rings. The minimum absolute atomic E-state index is 0.239. The van der Waals surface area contributed by atoms with Crippen molar-refractivity contribution >= 4 is 22.0 Å². The first-order chi connectivity index (χ1) is 9.60. The summed E-state index contributed by atoms with van der Waals surface area (Å²) in [6, 6.07) is 5.05. The van der Waals surface area contributed by atoms with Gasteiger partial charge in [0.05, 0.1) is 11.1 Å². The maximum atomic E-state index is 13.2. The third kappa shape index (κ3) is 3.93. The molecule has 1 heterocycles. The van der Waals surface area contributed by atoms with Crippen LogP contribution in [0, 0.1) is 5.82 Å². The van der Waals surface area contributed by atoms with E-state index in [0.717, 1.165) is 25.2 Å². The van der Waals surface area contributed by atoms with Gasteiger partial charge in [-0.3, -0.25) is 4.90 Å². The molecule has 0 unspecified atom stereocenters. The van der Waals surface area contributed by atoms with Gasteiger partial charge in [0.25, 0.3) is 0 Å². The molecule has 1 aliphatic rings. The number of carbonyl (C=O) groups is 1. The minimum Gasteiger partial charge on any atom is -0.450 e. The van der Waals surface area contributed by atoms with Crippen molar-refractivity contribution in [3.05, 3.63) is 34.1 Å². The number of ether oxygens (including phenoxy) is 1. The van der Waals surface area contributed by atoms with Crippen molar-refractivity contribution in [2.45, 2.75) is 13.5 Å². The second kappa shape index (κ2) is 7.04. The Balaban J connectivity index is 1.85. The first-order valence-electron chi connectivity index (χ1n) is 6.68. The summed E-state index contributed by atoms with van der Waals surface area (Å²) in [5, 5.41) is 0. The van der Waals surface area contributed by atoms with E-state index in [1.165, 1.54) is 6.07 Å². The summed E-state index contributed by atoms with van der Waals surface area (Å²) in [6.45, 7) is 5.91. The van der Waals surface area contributed by atoms with Gasteiger partial charge in [-0.2, -0.15) is 0 Å². The van der Waals surface area contributed by atoms with Crippen LogP contribution in [0.15, 0.2) is 22.7 Å². The third-order valence-corrected chi connectivity index (χ3v) is 3.90. The van der Waals surface area contributed by atoms with E-state index >= 15 is 0 Å². The van der Waals surface area contributed by atoms with E-state index in [-0.39, 0.29) is 11.9 Å². The lowest BCUT2D eigenvalue weighted by Crippen LogP contribution is -2.48. The highest BCUT2D eigenvalue weighted by Gasteiger charge is 2.21. The van der Waals surface area contributed by atoms with Crippen LogP contribution in [0.3, 0.4) is 0 Å². The van der Waals surface area contributed by atoms with Crippen LogP contribution in [0.25, 0.3) is 0 Å². The minimum atomic E-state index is -0.249. The van der Waals surface area contributed by atoms with Crippen molar-refractivity contribution in [1.82, 2.24) is 9.80 Å². The van der Waals surface area contributed by atoms with E-state index < -0.39 is 0 Å². The van der Waals surface area contributed by atoms with Crippen LogP contribution in [-0.2, 0) is 11.3 Å². The summed E-state index contributed by atoms with van der Waals surface area (Å²) < 4.78 is 18.6. The predicted molar refractivity (Wildman–Crippen MR) is 78.0 cm³/mol. The van der Waals surface area contributed by atoms with E-state index in [1.807, 2.05) is 0 Å². The van der Waals surface area contributed by atoms with Gasteiger partial charge in [-0.25, -0.2) is 9.18 Å². The molecule has 1 aromatic carbocycles. The SMILES string of the molecule is CCOC(=O)N1CCN(Cc2ccc(F)c(Br)c2)CC1. The molecule has 0 aliphatic carbocycles. The Bertz CT molecular complexity index is 476. The number of amides is 1. The molecule has 1 amide bonds. The molecule has 6 heteroatoms. The molecule has 1 aliphatic heterocycles. The molecule has 4 nitrogen and oxygen atoms in total. The fourth-order valence-electron chi connectivity index (χ4n) is 2.20. The molecule has 20 heavy (non-hydrogen) atoms. The number of nitrogens with zero attached hydrogens (tertiary/aromatic N) is 2. The largest absolute Gasteiger partial charge is 0.450 e. The number of hydrogen-bond acceptors (Lipinski definition) is 3. The Morgan fingerprint density at radius 1 is 1.35 bits per heavy atom. The number of benzene rings is 1. The van der Waals surface area contributed by atoms with Crippen LogP contribution in [0.2, 0.25) is 0 Å². The zero-order valence-corrected chi connectivity index (χ0v) is 13.0. The lowest BCUT2D eigenvalue weighted by molar-refractivity contribution is 0.0778. The van der Waals surface area contributed by atoms with Crippen LogP contribution in [0.4, 0.5) is 9.18 Å². The van der Waals surface area contributed by atoms with Crippen molar-refractivity contribution in [2.75, 3.05) is 32.8 Å². The van der Waals surface area contributed by atoms with Gasteiger partial charge in [0.2, 0.25) is 0 Å². The van der Waals surface area contributed by atoms with Crippen LogP contribution in [0.1, 0.15) is 12.5 Å². The summed E-state index contributed by atoms with van der Waals surface area (Å²) in [6.07, 6.45) is -0.239. The maximum absolute atomic E-state index is 13.2. The van der Waals surface area contributed by atoms with Gasteiger partial charge in [0.1, 0.15) is 5.82 Å². The predicted octanol–water partition coefficient (Wildman–Crippen LogP) is 2.86. The molecule has 0 radical (unpaired) electrons. The fourth-order valence-corrected chi connectivity index (χ4v) is 2.63. The van der Waals surface area contributed by atoms with Crippen molar-refractivity contribution in [3.63, 3.8) is 0 Å². The van der Waals surface area contributed by atoms with Crippen LogP contribution >= 0.6 is 15.9 Å². The van der Waals surface area contributed by atoms with E-state index in [4.69, 9.17) is 4.74 Å². The van der Waals surface area contributed by atoms with Gasteiger partial charge in [0, 0.05) is 32.7 Å². The second-order valence-corrected chi connectivity index (χ2v) is 5.56. The monoisotopic (exact) mass is 344 g/mol. The number of piperazine rings is 1. The average Bonchev–Trinajstić information content (AvgIpc) is 2.44. The Hall–Kier alpha value is -1.14. The zero-order chi connectivity index (χ0) is 14.5. The quantitative estimate of drug-likeness (QED) is 0.845. The molecule has 110 valence electrons. The third-order valence-electron chi connectivity index (χ3n) is 3.29. The van der Waals surface area contributed by atoms with Gasteiger partial charge < -0.3 is 9.64 Å². The number of carbonyl (C=O) groups excluding carboxylic acids is 1. The Labute approximate surface area is 126 Å². The average molecular weight is 345 g/mol. The number of halogens is 2. The number of rotatable bonds is 3. The molecule has 0 N–H and O–H groups in total. The van der Waals surface area contributed by atoms with Crippen molar-refractivity contribution in [2.24, 2.45) is 0 Å². The molecule has 1 aromatic rings. The van der Waals surface area contributed by atoms with Gasteiger partial charge in [-0.05, 0) is 40.5 Å². The van der Waals surface area contributed by atoms with Crippen LogP contribution in [0.5, 0.6) is 0 Å². The van der Waals surface area contributed by atoms with Gasteiger partial charge in [0.15, 0.2) is 0 Å². The molecule has 2 rings (SSSR count). The molecule has 1 saturated heterocycles. The van der Waals surface area contributed by atoms with E-state index in [1.54, 1.807) is 24.0 Å². The normalized spacial score (nSPS) is 16.2. The van der Waals surface area contributed by atoms with Crippen molar-refractivity contribution < 1.29 is 13.9 Å². The fraction of sp³-hybridized carbons (Fsp3) is 0.500. The molecule has 0 spiro atoms. The standard InChI is InChI=1S/C14H18BrFN2O2/c1-2-20-14(19)18-7-5-17(6-8-18)10-11-3-4-13(16)12(15)9-11/h3-4,9H,2,5-8,10H2,1H3. The van der Waals surface area contributed by atoms with Crippen LogP contribution < -0.4 is 0 Å². The van der Waals surface area contributed by atoms with E-state index in [9.17, 15) is 9.18 Å². The highest BCUT2D eigenvalue weighted by Crippen LogP contribution is 2.18. The summed E-state index contributed by atoms with van der Waals surface area (Å²) >= 11 is 3.19. The highest BCUT2D eigenvalue weighted by atomic mass is 79.9. The second-order valence-electron chi connectivity index (χ2n) is 4.71. The molecular weight excluding hydrogens is 327 g/mol. The molecule has 0 saturated carbocycles. The van der Waals surface area contributed by atoms with Crippen LogP contribution in [-0.4, -0.2) is 48.7 Å². The molecule has 0 atom stereocenters. The zero-order valence-electron chi connectivity index (χ0n) is 11.4. The Morgan fingerprint density at radius 2 is 2.05 bits per heavy atom. The van der Waals surface area contributed by atoms with Crippen molar-refractivity contribution in [1.29, 1.82) is 0 Å². The Morgan fingerprint density at radius 3 is 2.65 bits per heavy atom. The summed E-state index contributed by atoms with van der Waals surface area (Å²) in [5.74, 6) is -0.249. The van der Waals surface area contributed by atoms with Crippen molar-refractivity contribution in [3.8, 4) is 0 Å². The van der Waals surface area contributed by atoms with Gasteiger partial charge in [-0.1, -0.05) is 6.07 Å². The topological polar surface area (TPSA) is 32.8 Å². The van der Waals surface area contributed by atoms with Gasteiger partial charge >= 0.3 is 6.09 Å². The Kier molecular flexibility index (Phi) is 5.37. The smallest absolute Gasteiger partial charge is 0.409 e. The first kappa shape index (κ1) is 15.3. The summed E-state index contributed by atoms with van der Waals surface area (Å²) in [5.41, 5.74) is 1.06. The lowest BCUT2D eigenvalue weighted by Gasteiger charge is -2.34. The summed E-state index contributed by atoms with van der Waals surface area (Å²) in [7, 11) is 0. The number of hydrogen-bond donors (Lipinski definition) is 0. The summed E-state index contributed by atoms with van der Waals surface area (Å²) in [4.78, 5) is 15.6. The van der Waals surface area contributed by atoms with E-state index in [2.05, 4.69) is 20.8 Å². The highest BCUT2D eigenvalue weighted by molar-refractivity contribution is 9.10.